The number of rotatable bonds is 3. The van der Waals surface area contributed by atoms with E-state index in [1.165, 1.54) is 23.9 Å². The fraction of sp³-hybridized carbons (Fsp3) is 0.125. The van der Waals surface area contributed by atoms with Crippen LogP contribution >= 0.6 is 11.8 Å². The number of H-pyrrole nitrogens is 1. The molecule has 4 rings (SSSR count). The topological polar surface area (TPSA) is 92.1 Å². The van der Waals surface area contributed by atoms with Gasteiger partial charge in [0.2, 0.25) is 11.9 Å². The highest BCUT2D eigenvalue weighted by molar-refractivity contribution is 8.00. The lowest BCUT2D eigenvalue weighted by Gasteiger charge is -2.21. The van der Waals surface area contributed by atoms with Gasteiger partial charge in [-0.05, 0) is 29.8 Å². The molecule has 0 bridgehead atoms. The number of hydrogen-bond donors (Lipinski definition) is 1. The zero-order chi connectivity index (χ0) is 16.7. The number of hydrogen-bond acceptors (Lipinski definition) is 5. The average molecular weight is 340 g/mol. The van der Waals surface area contributed by atoms with Crippen molar-refractivity contribution in [3.63, 3.8) is 0 Å². The maximum Gasteiger partial charge on any atom is 0.269 e. The molecular formula is C16H12N4O3S. The smallest absolute Gasteiger partial charge is 0.269 e. The van der Waals surface area contributed by atoms with E-state index in [-0.39, 0.29) is 17.0 Å². The Kier molecular flexibility index (Phi) is 3.46. The Hall–Kier alpha value is -2.87. The van der Waals surface area contributed by atoms with Gasteiger partial charge in [-0.3, -0.25) is 19.8 Å². The summed E-state index contributed by atoms with van der Waals surface area (Å²) in [5.74, 6) is 0.801. The van der Waals surface area contributed by atoms with Crippen molar-refractivity contribution in [2.24, 2.45) is 0 Å². The van der Waals surface area contributed by atoms with Crippen molar-refractivity contribution in [3.05, 3.63) is 64.2 Å². The summed E-state index contributed by atoms with van der Waals surface area (Å²) in [5, 5.41) is 10.5. The summed E-state index contributed by atoms with van der Waals surface area (Å²) < 4.78 is 0. The van der Waals surface area contributed by atoms with Crippen molar-refractivity contribution in [1.82, 2.24) is 9.97 Å². The fourth-order valence-corrected chi connectivity index (χ4v) is 3.87. The van der Waals surface area contributed by atoms with Gasteiger partial charge >= 0.3 is 0 Å². The summed E-state index contributed by atoms with van der Waals surface area (Å²) in [6.07, 6.45) is 0. The van der Waals surface area contributed by atoms with E-state index < -0.39 is 4.92 Å². The Labute approximate surface area is 140 Å². The highest BCUT2D eigenvalue weighted by Crippen LogP contribution is 2.41. The van der Waals surface area contributed by atoms with Crippen LogP contribution in [0.3, 0.4) is 0 Å². The lowest BCUT2D eigenvalue weighted by molar-refractivity contribution is -0.384. The molecule has 1 N–H and O–H groups in total. The highest BCUT2D eigenvalue weighted by atomic mass is 32.2. The molecule has 120 valence electrons. The third-order valence-corrected chi connectivity index (χ3v) is 5.07. The van der Waals surface area contributed by atoms with Crippen LogP contribution in [0.25, 0.3) is 11.0 Å². The van der Waals surface area contributed by atoms with Crippen molar-refractivity contribution in [1.29, 1.82) is 0 Å². The van der Waals surface area contributed by atoms with E-state index in [0.29, 0.717) is 11.7 Å². The van der Waals surface area contributed by atoms with E-state index in [1.54, 1.807) is 17.0 Å². The van der Waals surface area contributed by atoms with Crippen LogP contribution in [0.15, 0.2) is 48.5 Å². The van der Waals surface area contributed by atoms with Crippen molar-refractivity contribution in [2.75, 3.05) is 10.7 Å². The number of nitro groups is 1. The fourth-order valence-electron chi connectivity index (χ4n) is 2.71. The number of thioether (sulfide) groups is 1. The molecule has 1 aliphatic rings. The molecule has 24 heavy (non-hydrogen) atoms. The first-order chi connectivity index (χ1) is 11.6. The summed E-state index contributed by atoms with van der Waals surface area (Å²) in [6.45, 7) is 0. The van der Waals surface area contributed by atoms with Gasteiger partial charge in [-0.2, -0.15) is 0 Å². The number of carbonyl (C=O) groups is 1. The largest absolute Gasteiger partial charge is 0.324 e. The number of nitrogens with one attached hydrogen (secondary N) is 1. The van der Waals surface area contributed by atoms with E-state index in [9.17, 15) is 14.9 Å². The van der Waals surface area contributed by atoms with E-state index in [4.69, 9.17) is 0 Å². The predicted molar refractivity (Wildman–Crippen MR) is 91.9 cm³/mol. The zero-order valence-corrected chi connectivity index (χ0v) is 13.2. The van der Waals surface area contributed by atoms with E-state index in [0.717, 1.165) is 16.6 Å². The van der Waals surface area contributed by atoms with Crippen LogP contribution in [0.2, 0.25) is 0 Å². The van der Waals surface area contributed by atoms with Gasteiger partial charge in [0.25, 0.3) is 5.69 Å². The standard InChI is InChI=1S/C16H12N4O3S/c21-14-9-24-15(10-5-7-11(8-6-10)20(22)23)19(14)16-17-12-3-1-2-4-13(12)18-16/h1-8,15H,9H2,(H,17,18). The third kappa shape index (κ3) is 2.41. The number of para-hydroxylation sites is 2. The van der Waals surface area contributed by atoms with Gasteiger partial charge in [0, 0.05) is 12.1 Å². The van der Waals surface area contributed by atoms with Crippen LogP contribution in [0.1, 0.15) is 10.9 Å². The minimum Gasteiger partial charge on any atom is -0.324 e. The molecule has 0 aliphatic carbocycles. The first kappa shape index (κ1) is 14.7. The molecule has 1 atom stereocenters. The van der Waals surface area contributed by atoms with Crippen molar-refractivity contribution in [3.8, 4) is 0 Å². The van der Waals surface area contributed by atoms with Crippen LogP contribution in [0.5, 0.6) is 0 Å². The van der Waals surface area contributed by atoms with Crippen LogP contribution in [0, 0.1) is 10.1 Å². The first-order valence-corrected chi connectivity index (χ1v) is 8.31. The van der Waals surface area contributed by atoms with Gasteiger partial charge in [-0.25, -0.2) is 4.98 Å². The van der Waals surface area contributed by atoms with E-state index in [2.05, 4.69) is 9.97 Å². The third-order valence-electron chi connectivity index (χ3n) is 3.86. The van der Waals surface area contributed by atoms with Crippen molar-refractivity contribution < 1.29 is 9.72 Å². The monoisotopic (exact) mass is 340 g/mol. The Balaban J connectivity index is 1.72. The molecule has 8 heteroatoms. The predicted octanol–water partition coefficient (Wildman–Crippen LogP) is 3.25. The Morgan fingerprint density at radius 2 is 1.96 bits per heavy atom. The Bertz CT molecular complexity index is 905. The molecule has 7 nitrogen and oxygen atoms in total. The van der Waals surface area contributed by atoms with Crippen LogP contribution in [-0.4, -0.2) is 26.6 Å². The number of amides is 1. The van der Waals surface area contributed by atoms with E-state index >= 15 is 0 Å². The summed E-state index contributed by atoms with van der Waals surface area (Å²) >= 11 is 1.48. The number of carbonyl (C=O) groups excluding carboxylic acids is 1. The number of benzene rings is 2. The van der Waals surface area contributed by atoms with Crippen LogP contribution in [-0.2, 0) is 4.79 Å². The highest BCUT2D eigenvalue weighted by Gasteiger charge is 2.36. The van der Waals surface area contributed by atoms with Gasteiger partial charge in [-0.1, -0.05) is 12.1 Å². The van der Waals surface area contributed by atoms with E-state index in [1.807, 2.05) is 24.3 Å². The Morgan fingerprint density at radius 3 is 2.67 bits per heavy atom. The quantitative estimate of drug-likeness (QED) is 0.583. The summed E-state index contributed by atoms with van der Waals surface area (Å²) in [6, 6.07) is 13.9. The molecule has 1 aromatic heterocycles. The number of aromatic nitrogens is 2. The normalized spacial score (nSPS) is 17.6. The SMILES string of the molecule is O=C1CSC(c2ccc([N+](=O)[O-])cc2)N1c1nc2ccccc2[nH]1. The molecule has 1 saturated heterocycles. The molecule has 1 unspecified atom stereocenters. The molecule has 3 aromatic rings. The minimum atomic E-state index is -0.437. The molecule has 1 fully saturated rings. The number of aromatic amines is 1. The summed E-state index contributed by atoms with van der Waals surface area (Å²) in [7, 11) is 0. The van der Waals surface area contributed by atoms with Gasteiger partial charge in [0.05, 0.1) is 21.7 Å². The van der Waals surface area contributed by atoms with Gasteiger partial charge in [0.1, 0.15) is 5.37 Å². The second-order valence-electron chi connectivity index (χ2n) is 5.35. The molecule has 0 saturated carbocycles. The lowest BCUT2D eigenvalue weighted by Crippen LogP contribution is -2.28. The Morgan fingerprint density at radius 1 is 1.21 bits per heavy atom. The van der Waals surface area contributed by atoms with Gasteiger partial charge in [0.15, 0.2) is 0 Å². The lowest BCUT2D eigenvalue weighted by atomic mass is 10.2. The van der Waals surface area contributed by atoms with Gasteiger partial charge in [-0.15, -0.1) is 11.8 Å². The number of non-ortho nitro benzene ring substituents is 1. The minimum absolute atomic E-state index is 0.0309. The molecule has 0 radical (unpaired) electrons. The number of nitrogens with zero attached hydrogens (tertiary/aromatic N) is 3. The summed E-state index contributed by atoms with van der Waals surface area (Å²) in [5.41, 5.74) is 2.51. The summed E-state index contributed by atoms with van der Waals surface area (Å²) in [4.78, 5) is 32.0. The molecular weight excluding hydrogens is 328 g/mol. The average Bonchev–Trinajstić information content (AvgIpc) is 3.17. The van der Waals surface area contributed by atoms with Crippen LogP contribution in [0.4, 0.5) is 11.6 Å². The number of anilines is 1. The second kappa shape index (κ2) is 5.64. The van der Waals surface area contributed by atoms with Crippen LogP contribution < -0.4 is 4.90 Å². The zero-order valence-electron chi connectivity index (χ0n) is 12.4. The first-order valence-electron chi connectivity index (χ1n) is 7.26. The maximum atomic E-state index is 12.3. The second-order valence-corrected chi connectivity index (χ2v) is 6.42. The molecule has 1 aliphatic heterocycles. The molecule has 2 aromatic carbocycles. The van der Waals surface area contributed by atoms with Crippen molar-refractivity contribution in [2.45, 2.75) is 5.37 Å². The number of fused-ring (bicyclic) bond motifs is 1. The number of nitro benzene ring substituents is 1. The number of imidazole rings is 1. The molecule has 1 amide bonds. The van der Waals surface area contributed by atoms with Gasteiger partial charge < -0.3 is 4.98 Å². The molecule has 0 spiro atoms. The van der Waals surface area contributed by atoms with Crippen molar-refractivity contribution >= 4 is 40.3 Å². The maximum absolute atomic E-state index is 12.3. The molecule has 2 heterocycles.